The van der Waals surface area contributed by atoms with Crippen molar-refractivity contribution in [3.05, 3.63) is 65.7 Å². The van der Waals surface area contributed by atoms with Crippen molar-refractivity contribution in [3.63, 3.8) is 0 Å². The monoisotopic (exact) mass is 432 g/mol. The van der Waals surface area contributed by atoms with Crippen LogP contribution in [0.1, 0.15) is 30.4 Å². The Balaban J connectivity index is 0.000000184. The van der Waals surface area contributed by atoms with Gasteiger partial charge >= 0.3 is 5.97 Å². The van der Waals surface area contributed by atoms with Crippen LogP contribution in [-0.4, -0.2) is 49.0 Å². The highest BCUT2D eigenvalue weighted by atomic mass is 32.2. The van der Waals surface area contributed by atoms with E-state index in [9.17, 15) is 13.2 Å². The first-order valence-corrected chi connectivity index (χ1v) is 11.7. The highest BCUT2D eigenvalue weighted by Crippen LogP contribution is 2.26. The fraction of sp³-hybridized carbons (Fsp3) is 0.409. The van der Waals surface area contributed by atoms with E-state index < -0.39 is 22.0 Å². The molecule has 0 radical (unpaired) electrons. The molecule has 2 heterocycles. The molecule has 2 atom stereocenters. The number of fused-ring (bicyclic) bond motifs is 1. The normalized spacial score (nSPS) is 21.1. The molecule has 0 bridgehead atoms. The van der Waals surface area contributed by atoms with Crippen molar-refractivity contribution in [2.24, 2.45) is 5.73 Å². The second kappa shape index (κ2) is 10.1. The van der Waals surface area contributed by atoms with Crippen LogP contribution >= 0.6 is 0 Å². The maximum absolute atomic E-state index is 12.2. The van der Waals surface area contributed by atoms with E-state index in [0.29, 0.717) is 31.5 Å². The molecule has 2 aliphatic heterocycles. The molecule has 3 N–H and O–H groups in total. The minimum Gasteiger partial charge on any atom is -0.489 e. The van der Waals surface area contributed by atoms with Crippen LogP contribution in [0.4, 0.5) is 0 Å². The van der Waals surface area contributed by atoms with Crippen LogP contribution in [0, 0.1) is 0 Å². The van der Waals surface area contributed by atoms with Crippen molar-refractivity contribution in [1.82, 2.24) is 4.31 Å². The third-order valence-electron chi connectivity index (χ3n) is 5.30. The van der Waals surface area contributed by atoms with Gasteiger partial charge in [0.2, 0.25) is 10.0 Å². The van der Waals surface area contributed by atoms with E-state index in [-0.39, 0.29) is 11.9 Å². The van der Waals surface area contributed by atoms with Gasteiger partial charge in [0.25, 0.3) is 0 Å². The first-order valence-electron chi connectivity index (χ1n) is 10.1. The Labute approximate surface area is 177 Å². The number of nitrogens with zero attached hydrogens (tertiary/aromatic N) is 1. The number of carboxylic acids is 1. The average Bonchev–Trinajstić information content (AvgIpc) is 3.26. The van der Waals surface area contributed by atoms with Gasteiger partial charge in [-0.25, -0.2) is 8.42 Å². The number of ether oxygens (including phenoxy) is 1. The smallest absolute Gasteiger partial charge is 0.322 e. The fourth-order valence-corrected chi connectivity index (χ4v) is 5.50. The van der Waals surface area contributed by atoms with Gasteiger partial charge in [-0.05, 0) is 42.9 Å². The third kappa shape index (κ3) is 5.59. The molecule has 7 nitrogen and oxygen atoms in total. The molecule has 0 saturated carbocycles. The van der Waals surface area contributed by atoms with E-state index in [0.717, 1.165) is 22.9 Å². The first kappa shape index (κ1) is 22.3. The number of rotatable bonds is 5. The predicted molar refractivity (Wildman–Crippen MR) is 115 cm³/mol. The van der Waals surface area contributed by atoms with Crippen molar-refractivity contribution < 1.29 is 23.1 Å². The number of hydrogen-bond acceptors (Lipinski definition) is 5. The Bertz CT molecular complexity index is 949. The Morgan fingerprint density at radius 1 is 1.10 bits per heavy atom. The zero-order valence-corrected chi connectivity index (χ0v) is 17.6. The van der Waals surface area contributed by atoms with E-state index in [1.165, 1.54) is 5.56 Å². The second-order valence-electron chi connectivity index (χ2n) is 7.47. The average molecular weight is 433 g/mol. The van der Waals surface area contributed by atoms with Crippen LogP contribution in [-0.2, 0) is 27.0 Å². The highest BCUT2D eigenvalue weighted by Gasteiger charge is 2.38. The molecule has 2 aromatic rings. The van der Waals surface area contributed by atoms with Crippen LogP contribution in [0.15, 0.2) is 54.6 Å². The SMILES string of the molecule is NC[C@@H]1CCc2ccccc2O1.O=C(O)[C@H]1CCCN1S(=O)(=O)Cc1ccccc1. The molecule has 0 spiro atoms. The summed E-state index contributed by atoms with van der Waals surface area (Å²) in [6.45, 7) is 0.917. The molecule has 8 heteroatoms. The molecule has 0 aliphatic carbocycles. The molecule has 2 aliphatic rings. The molecule has 0 aromatic heterocycles. The van der Waals surface area contributed by atoms with Crippen molar-refractivity contribution in [2.75, 3.05) is 13.1 Å². The number of para-hydroxylation sites is 1. The zero-order chi connectivity index (χ0) is 21.6. The lowest BCUT2D eigenvalue weighted by atomic mass is 10.0. The topological polar surface area (TPSA) is 110 Å². The van der Waals surface area contributed by atoms with Crippen molar-refractivity contribution in [1.29, 1.82) is 0 Å². The Hall–Kier alpha value is -2.42. The van der Waals surface area contributed by atoms with E-state index in [4.69, 9.17) is 15.6 Å². The summed E-state index contributed by atoms with van der Waals surface area (Å²) < 4.78 is 31.1. The molecular weight excluding hydrogens is 404 g/mol. The number of benzene rings is 2. The number of sulfonamides is 1. The lowest BCUT2D eigenvalue weighted by Gasteiger charge is -2.24. The fourth-order valence-electron chi connectivity index (χ4n) is 3.73. The van der Waals surface area contributed by atoms with Gasteiger partial charge in [-0.1, -0.05) is 48.5 Å². The summed E-state index contributed by atoms with van der Waals surface area (Å²) in [6.07, 6.45) is 3.36. The van der Waals surface area contributed by atoms with Gasteiger partial charge in [0.15, 0.2) is 0 Å². The molecule has 1 saturated heterocycles. The van der Waals surface area contributed by atoms with E-state index in [1.807, 2.05) is 24.3 Å². The van der Waals surface area contributed by atoms with Crippen molar-refractivity contribution in [3.8, 4) is 5.75 Å². The summed E-state index contributed by atoms with van der Waals surface area (Å²) in [4.78, 5) is 11.0. The molecule has 30 heavy (non-hydrogen) atoms. The standard InChI is InChI=1S/C12H15NO4S.C10H13NO/c14-12(15)11-7-4-8-13(11)18(16,17)9-10-5-2-1-3-6-10;11-7-9-6-5-8-3-1-2-4-10(8)12-9/h1-3,5-6,11H,4,7-9H2,(H,14,15);1-4,9H,5-7,11H2/t11-;9-/m10/s1. The zero-order valence-electron chi connectivity index (χ0n) is 16.8. The van der Waals surface area contributed by atoms with E-state index in [2.05, 4.69) is 6.07 Å². The Kier molecular flexibility index (Phi) is 7.47. The summed E-state index contributed by atoms with van der Waals surface area (Å²) in [5, 5.41) is 9.01. The van der Waals surface area contributed by atoms with Crippen LogP contribution in [0.5, 0.6) is 5.75 Å². The largest absolute Gasteiger partial charge is 0.489 e. The molecule has 162 valence electrons. The van der Waals surface area contributed by atoms with Crippen LogP contribution in [0.3, 0.4) is 0 Å². The number of hydrogen-bond donors (Lipinski definition) is 2. The summed E-state index contributed by atoms with van der Waals surface area (Å²) >= 11 is 0. The van der Waals surface area contributed by atoms with Crippen LogP contribution in [0.2, 0.25) is 0 Å². The number of aliphatic carboxylic acids is 1. The number of carbonyl (C=O) groups is 1. The summed E-state index contributed by atoms with van der Waals surface area (Å²) in [7, 11) is -3.55. The number of nitrogens with two attached hydrogens (primary N) is 1. The van der Waals surface area contributed by atoms with Crippen molar-refractivity contribution in [2.45, 2.75) is 43.6 Å². The van der Waals surface area contributed by atoms with Gasteiger partial charge in [-0.15, -0.1) is 0 Å². The van der Waals surface area contributed by atoms with Crippen LogP contribution < -0.4 is 10.5 Å². The summed E-state index contributed by atoms with van der Waals surface area (Å²) in [5.74, 6) is -0.194. The minimum atomic E-state index is -3.55. The maximum Gasteiger partial charge on any atom is 0.322 e. The van der Waals surface area contributed by atoms with Crippen LogP contribution in [0.25, 0.3) is 0 Å². The lowest BCUT2D eigenvalue weighted by Crippen LogP contribution is -2.40. The van der Waals surface area contributed by atoms with Crippen molar-refractivity contribution >= 4 is 16.0 Å². The highest BCUT2D eigenvalue weighted by molar-refractivity contribution is 7.88. The summed E-state index contributed by atoms with van der Waals surface area (Å²) in [5.41, 5.74) is 7.52. The van der Waals surface area contributed by atoms with Gasteiger partial charge in [0.1, 0.15) is 17.9 Å². The molecule has 0 amide bonds. The Morgan fingerprint density at radius 3 is 2.50 bits per heavy atom. The molecule has 2 aromatic carbocycles. The quantitative estimate of drug-likeness (QED) is 0.751. The third-order valence-corrected chi connectivity index (χ3v) is 7.15. The molecule has 0 unspecified atom stereocenters. The lowest BCUT2D eigenvalue weighted by molar-refractivity contribution is -0.140. The van der Waals surface area contributed by atoms with Gasteiger partial charge in [0.05, 0.1) is 5.75 Å². The first-order chi connectivity index (χ1) is 14.4. The molecule has 4 rings (SSSR count). The van der Waals surface area contributed by atoms with Gasteiger partial charge in [-0.3, -0.25) is 4.79 Å². The van der Waals surface area contributed by atoms with E-state index >= 15 is 0 Å². The molecular formula is C22H28N2O5S. The number of carboxylic acid groups (broad SMARTS) is 1. The number of aryl methyl sites for hydroxylation is 1. The Morgan fingerprint density at radius 2 is 1.80 bits per heavy atom. The van der Waals surface area contributed by atoms with E-state index in [1.54, 1.807) is 24.3 Å². The van der Waals surface area contributed by atoms with Gasteiger partial charge < -0.3 is 15.6 Å². The summed E-state index contributed by atoms with van der Waals surface area (Å²) in [6, 6.07) is 16.1. The van der Waals surface area contributed by atoms with Gasteiger partial charge in [-0.2, -0.15) is 4.31 Å². The predicted octanol–water partition coefficient (Wildman–Crippen LogP) is 2.40. The second-order valence-corrected chi connectivity index (χ2v) is 9.39. The maximum atomic E-state index is 12.2. The minimum absolute atomic E-state index is 0.141. The van der Waals surface area contributed by atoms with Gasteiger partial charge in [0, 0.05) is 13.1 Å². The molecule has 1 fully saturated rings.